The third-order valence-electron chi connectivity index (χ3n) is 6.24. The van der Waals surface area contributed by atoms with E-state index in [1.165, 1.54) is 35.5 Å². The molecule has 8 nitrogen and oxygen atoms in total. The van der Waals surface area contributed by atoms with Crippen LogP contribution in [0.5, 0.6) is 0 Å². The summed E-state index contributed by atoms with van der Waals surface area (Å²) in [6, 6.07) is 17.3. The fourth-order valence-corrected chi connectivity index (χ4v) is 4.39. The molecule has 2 aromatic heterocycles. The minimum absolute atomic E-state index is 0.0596. The number of fused-ring (bicyclic) bond motifs is 2. The fraction of sp³-hybridized carbons (Fsp3) is 0.222. The molecule has 3 N–H and O–H groups in total. The summed E-state index contributed by atoms with van der Waals surface area (Å²) < 4.78 is 15.5. The van der Waals surface area contributed by atoms with Gasteiger partial charge in [-0.3, -0.25) is 14.5 Å². The molecule has 0 aliphatic carbocycles. The Morgan fingerprint density at radius 3 is 2.61 bits per heavy atom. The summed E-state index contributed by atoms with van der Waals surface area (Å²) in [7, 11) is 0. The minimum Gasteiger partial charge on any atom is -0.390 e. The van der Waals surface area contributed by atoms with E-state index >= 15 is 0 Å². The molecule has 0 bridgehead atoms. The Labute approximate surface area is 207 Å². The van der Waals surface area contributed by atoms with Crippen molar-refractivity contribution in [2.75, 3.05) is 25.0 Å². The number of imidazole rings is 1. The molecule has 184 valence electrons. The Balaban J connectivity index is 1.17. The van der Waals surface area contributed by atoms with Gasteiger partial charge >= 0.3 is 0 Å². The number of carbonyl (C=O) groups excluding carboxylic acids is 2. The number of halogens is 1. The zero-order chi connectivity index (χ0) is 25.1. The van der Waals surface area contributed by atoms with Crippen molar-refractivity contribution in [1.29, 1.82) is 0 Å². The predicted molar refractivity (Wildman–Crippen MR) is 133 cm³/mol. The van der Waals surface area contributed by atoms with Gasteiger partial charge in [0.15, 0.2) is 0 Å². The molecule has 2 aromatic carbocycles. The third kappa shape index (κ3) is 5.27. The number of anilines is 1. The summed E-state index contributed by atoms with van der Waals surface area (Å²) in [6.07, 6.45) is 3.37. The lowest BCUT2D eigenvalue weighted by Crippen LogP contribution is -2.42. The largest absolute Gasteiger partial charge is 0.390 e. The Morgan fingerprint density at radius 2 is 1.78 bits per heavy atom. The molecule has 1 unspecified atom stereocenters. The third-order valence-corrected chi connectivity index (χ3v) is 6.24. The van der Waals surface area contributed by atoms with Gasteiger partial charge in [-0.25, -0.2) is 9.37 Å². The van der Waals surface area contributed by atoms with Crippen LogP contribution >= 0.6 is 0 Å². The van der Waals surface area contributed by atoms with Gasteiger partial charge in [-0.15, -0.1) is 0 Å². The highest BCUT2D eigenvalue weighted by Crippen LogP contribution is 2.18. The highest BCUT2D eigenvalue weighted by molar-refractivity contribution is 6.04. The highest BCUT2D eigenvalue weighted by atomic mass is 19.1. The van der Waals surface area contributed by atoms with E-state index in [1.807, 2.05) is 12.1 Å². The zero-order valence-electron chi connectivity index (χ0n) is 19.5. The lowest BCUT2D eigenvalue weighted by molar-refractivity contribution is 0.0838. The van der Waals surface area contributed by atoms with Crippen molar-refractivity contribution in [1.82, 2.24) is 19.6 Å². The van der Waals surface area contributed by atoms with Crippen LogP contribution in [0.15, 0.2) is 73.1 Å². The van der Waals surface area contributed by atoms with Crippen LogP contribution in [0.4, 0.5) is 10.1 Å². The molecule has 9 heteroatoms. The Kier molecular flexibility index (Phi) is 6.75. The first kappa shape index (κ1) is 23.7. The molecule has 3 heterocycles. The van der Waals surface area contributed by atoms with Gasteiger partial charge in [-0.2, -0.15) is 0 Å². The normalized spacial score (nSPS) is 14.3. The van der Waals surface area contributed by atoms with Gasteiger partial charge in [0.2, 0.25) is 0 Å². The first-order valence-corrected chi connectivity index (χ1v) is 11.8. The van der Waals surface area contributed by atoms with Crippen LogP contribution in [-0.2, 0) is 13.0 Å². The number of aromatic nitrogens is 2. The Morgan fingerprint density at radius 1 is 1.00 bits per heavy atom. The first-order valence-electron chi connectivity index (χ1n) is 11.8. The summed E-state index contributed by atoms with van der Waals surface area (Å²) in [4.78, 5) is 31.5. The molecule has 0 spiro atoms. The van der Waals surface area contributed by atoms with Crippen molar-refractivity contribution in [2.45, 2.75) is 19.1 Å². The van der Waals surface area contributed by atoms with Crippen LogP contribution < -0.4 is 10.6 Å². The van der Waals surface area contributed by atoms with Crippen molar-refractivity contribution >= 4 is 23.1 Å². The minimum atomic E-state index is -0.712. The number of aliphatic hydroxyl groups is 1. The van der Waals surface area contributed by atoms with Crippen LogP contribution in [0.2, 0.25) is 0 Å². The average Bonchev–Trinajstić information content (AvgIpc) is 3.31. The number of hydrogen-bond acceptors (Lipinski definition) is 5. The van der Waals surface area contributed by atoms with E-state index in [1.54, 1.807) is 28.8 Å². The number of carbonyl (C=O) groups is 2. The van der Waals surface area contributed by atoms with Gasteiger partial charge in [0.25, 0.3) is 11.8 Å². The lowest BCUT2D eigenvalue weighted by atomic mass is 10.00. The van der Waals surface area contributed by atoms with Crippen molar-refractivity contribution in [3.63, 3.8) is 0 Å². The monoisotopic (exact) mass is 487 g/mol. The number of nitrogens with zero attached hydrogens (tertiary/aromatic N) is 3. The van der Waals surface area contributed by atoms with Crippen LogP contribution in [-0.4, -0.2) is 56.9 Å². The molecule has 1 aliphatic rings. The number of β-amino-alcohol motifs (C(OH)–C–C–N with tert-alkyl or cyclic N) is 1. The Bertz CT molecular complexity index is 1420. The summed E-state index contributed by atoms with van der Waals surface area (Å²) >= 11 is 0. The number of nitrogens with one attached hydrogen (secondary N) is 2. The molecule has 0 radical (unpaired) electrons. The SMILES string of the molecule is O=C(NCC(O)CN1CCc2ccccc2C1)c1cn2cc(NC(=O)c3ccccc3F)ccc2n1. The molecule has 5 rings (SSSR count). The fourth-order valence-electron chi connectivity index (χ4n) is 4.39. The second-order valence-electron chi connectivity index (χ2n) is 8.86. The van der Waals surface area contributed by atoms with E-state index in [4.69, 9.17) is 0 Å². The number of hydrogen-bond donors (Lipinski definition) is 3. The molecule has 0 saturated heterocycles. The predicted octanol–water partition coefficient (Wildman–Crippen LogP) is 2.87. The molecule has 1 atom stereocenters. The molecule has 0 saturated carbocycles. The van der Waals surface area contributed by atoms with Gasteiger partial charge < -0.3 is 20.1 Å². The van der Waals surface area contributed by atoms with Crippen LogP contribution in [0.1, 0.15) is 32.0 Å². The topological polar surface area (TPSA) is 99.0 Å². The lowest BCUT2D eigenvalue weighted by Gasteiger charge is -2.30. The zero-order valence-corrected chi connectivity index (χ0v) is 19.5. The van der Waals surface area contributed by atoms with Crippen molar-refractivity contribution in [3.05, 3.63) is 101 Å². The van der Waals surface area contributed by atoms with Gasteiger partial charge in [-0.05, 0) is 41.8 Å². The summed E-state index contributed by atoms with van der Waals surface area (Å²) in [5, 5.41) is 15.9. The van der Waals surface area contributed by atoms with Crippen molar-refractivity contribution < 1.29 is 19.1 Å². The number of aliphatic hydroxyl groups excluding tert-OH is 1. The van der Waals surface area contributed by atoms with E-state index in [9.17, 15) is 19.1 Å². The van der Waals surface area contributed by atoms with Crippen LogP contribution in [0, 0.1) is 5.82 Å². The molecular formula is C27H26FN5O3. The molecule has 1 aliphatic heterocycles. The maximum Gasteiger partial charge on any atom is 0.271 e. The molecule has 36 heavy (non-hydrogen) atoms. The van der Waals surface area contributed by atoms with E-state index in [0.717, 1.165) is 19.5 Å². The smallest absolute Gasteiger partial charge is 0.271 e. The summed E-state index contributed by atoms with van der Waals surface area (Å²) in [5.74, 6) is -1.58. The maximum absolute atomic E-state index is 13.9. The van der Waals surface area contributed by atoms with Gasteiger partial charge in [0.05, 0.1) is 17.4 Å². The van der Waals surface area contributed by atoms with E-state index in [2.05, 4.69) is 32.7 Å². The van der Waals surface area contributed by atoms with Crippen LogP contribution in [0.3, 0.4) is 0 Å². The summed E-state index contributed by atoms with van der Waals surface area (Å²) in [6.45, 7) is 2.22. The molecule has 2 amide bonds. The average molecular weight is 488 g/mol. The number of pyridine rings is 1. The number of benzene rings is 2. The number of rotatable bonds is 7. The Hall–Kier alpha value is -4.08. The van der Waals surface area contributed by atoms with Gasteiger partial charge in [-0.1, -0.05) is 36.4 Å². The van der Waals surface area contributed by atoms with Gasteiger partial charge in [0.1, 0.15) is 17.2 Å². The van der Waals surface area contributed by atoms with Gasteiger partial charge in [0, 0.05) is 38.6 Å². The second-order valence-corrected chi connectivity index (χ2v) is 8.86. The first-order chi connectivity index (χ1) is 17.5. The molecule has 0 fully saturated rings. The molecule has 4 aromatic rings. The quantitative estimate of drug-likeness (QED) is 0.372. The van der Waals surface area contributed by atoms with E-state index in [-0.39, 0.29) is 17.8 Å². The highest BCUT2D eigenvalue weighted by Gasteiger charge is 2.20. The number of amides is 2. The summed E-state index contributed by atoms with van der Waals surface area (Å²) in [5.41, 5.74) is 3.69. The van der Waals surface area contributed by atoms with E-state index in [0.29, 0.717) is 17.9 Å². The van der Waals surface area contributed by atoms with E-state index < -0.39 is 23.7 Å². The van der Waals surface area contributed by atoms with Crippen LogP contribution in [0.25, 0.3) is 5.65 Å². The standard InChI is InChI=1S/C27H26FN5O3/c28-23-8-4-3-7-22(23)26(35)30-20-9-10-25-31-24(17-33(25)15-20)27(36)29-13-21(34)16-32-12-11-18-5-1-2-6-19(18)14-32/h1-10,15,17,21,34H,11-14,16H2,(H,29,36)(H,30,35). The molecular weight excluding hydrogens is 461 g/mol. The van der Waals surface area contributed by atoms with Crippen molar-refractivity contribution in [3.8, 4) is 0 Å². The second kappa shape index (κ2) is 10.3. The van der Waals surface area contributed by atoms with Crippen molar-refractivity contribution in [2.24, 2.45) is 0 Å². The maximum atomic E-state index is 13.9.